The summed E-state index contributed by atoms with van der Waals surface area (Å²) < 4.78 is 0. The summed E-state index contributed by atoms with van der Waals surface area (Å²) in [6, 6.07) is 8.74. The van der Waals surface area contributed by atoms with Gasteiger partial charge in [0.1, 0.15) is 0 Å². The highest BCUT2D eigenvalue weighted by atomic mass is 14.9. The Morgan fingerprint density at radius 1 is 1.24 bits per heavy atom. The number of rotatable bonds is 6. The third kappa shape index (κ3) is 3.36. The van der Waals surface area contributed by atoms with Gasteiger partial charge in [0.05, 0.1) is 0 Å². The van der Waals surface area contributed by atoms with Gasteiger partial charge in [0.25, 0.3) is 0 Å². The van der Waals surface area contributed by atoms with Gasteiger partial charge in [-0.1, -0.05) is 43.7 Å². The van der Waals surface area contributed by atoms with Crippen molar-refractivity contribution >= 4 is 5.69 Å². The summed E-state index contributed by atoms with van der Waals surface area (Å²) in [5.41, 5.74) is 2.87. The Morgan fingerprint density at radius 3 is 3.00 bits per heavy atom. The number of nitrogens with one attached hydrogen (secondary N) is 1. The molecule has 1 heteroatoms. The molecule has 0 saturated carbocycles. The van der Waals surface area contributed by atoms with Crippen LogP contribution in [0.2, 0.25) is 0 Å². The smallest absolute Gasteiger partial charge is 0.0376 e. The predicted molar refractivity (Wildman–Crippen MR) is 75.6 cm³/mol. The first-order valence-electron chi connectivity index (χ1n) is 6.89. The number of para-hydroxylation sites is 1. The Hall–Kier alpha value is -1.24. The van der Waals surface area contributed by atoms with Gasteiger partial charge in [0.15, 0.2) is 0 Å². The maximum atomic E-state index is 3.50. The normalized spacial score (nSPS) is 18.3. The molecule has 0 amide bonds. The molecule has 1 atom stereocenters. The SMILES string of the molecule is CC/C=C\CCCCC1CNc2ccccc21. The van der Waals surface area contributed by atoms with Crippen LogP contribution >= 0.6 is 0 Å². The molecule has 1 aromatic carbocycles. The van der Waals surface area contributed by atoms with Crippen molar-refractivity contribution in [2.24, 2.45) is 0 Å². The zero-order valence-electron chi connectivity index (χ0n) is 10.8. The van der Waals surface area contributed by atoms with E-state index in [2.05, 4.69) is 48.7 Å². The molecule has 1 nitrogen and oxygen atoms in total. The molecular weight excluding hydrogens is 206 g/mol. The molecule has 0 spiro atoms. The zero-order valence-corrected chi connectivity index (χ0v) is 10.8. The largest absolute Gasteiger partial charge is 0.384 e. The van der Waals surface area contributed by atoms with Crippen molar-refractivity contribution in [3.8, 4) is 0 Å². The molecule has 0 fully saturated rings. The van der Waals surface area contributed by atoms with Crippen LogP contribution in [0.4, 0.5) is 5.69 Å². The molecule has 1 aliphatic rings. The summed E-state index contributed by atoms with van der Waals surface area (Å²) in [5.74, 6) is 0.737. The second-order valence-corrected chi connectivity index (χ2v) is 4.83. The van der Waals surface area contributed by atoms with Crippen molar-refractivity contribution in [1.29, 1.82) is 0 Å². The quantitative estimate of drug-likeness (QED) is 0.549. The van der Waals surface area contributed by atoms with Gasteiger partial charge < -0.3 is 5.32 Å². The van der Waals surface area contributed by atoms with Gasteiger partial charge in [-0.25, -0.2) is 0 Å². The van der Waals surface area contributed by atoms with Crippen LogP contribution in [0, 0.1) is 0 Å². The second-order valence-electron chi connectivity index (χ2n) is 4.83. The summed E-state index contributed by atoms with van der Waals surface area (Å²) in [7, 11) is 0. The Bertz CT molecular complexity index is 368. The van der Waals surface area contributed by atoms with Crippen LogP contribution in [0.5, 0.6) is 0 Å². The van der Waals surface area contributed by atoms with E-state index in [4.69, 9.17) is 0 Å². The third-order valence-corrected chi connectivity index (χ3v) is 3.52. The number of benzene rings is 1. The minimum atomic E-state index is 0.737. The number of anilines is 1. The van der Waals surface area contributed by atoms with Crippen molar-refractivity contribution in [2.45, 2.75) is 44.9 Å². The fraction of sp³-hybridized carbons (Fsp3) is 0.500. The maximum Gasteiger partial charge on any atom is 0.0376 e. The van der Waals surface area contributed by atoms with E-state index in [0.717, 1.165) is 12.5 Å². The molecule has 1 N–H and O–H groups in total. The number of unbranched alkanes of at least 4 members (excludes halogenated alkanes) is 2. The highest BCUT2D eigenvalue weighted by Gasteiger charge is 2.20. The van der Waals surface area contributed by atoms with E-state index in [-0.39, 0.29) is 0 Å². The van der Waals surface area contributed by atoms with Gasteiger partial charge in [-0.2, -0.15) is 0 Å². The van der Waals surface area contributed by atoms with E-state index in [1.807, 2.05) is 0 Å². The van der Waals surface area contributed by atoms with Crippen LogP contribution in [-0.2, 0) is 0 Å². The van der Waals surface area contributed by atoms with Crippen molar-refractivity contribution in [1.82, 2.24) is 0 Å². The highest BCUT2D eigenvalue weighted by molar-refractivity contribution is 5.57. The van der Waals surface area contributed by atoms with Crippen molar-refractivity contribution < 1.29 is 0 Å². The predicted octanol–water partition coefficient (Wildman–Crippen LogP) is 4.72. The van der Waals surface area contributed by atoms with Crippen LogP contribution in [0.3, 0.4) is 0 Å². The van der Waals surface area contributed by atoms with Gasteiger partial charge in [-0.05, 0) is 37.3 Å². The van der Waals surface area contributed by atoms with Crippen molar-refractivity contribution in [2.75, 3.05) is 11.9 Å². The van der Waals surface area contributed by atoms with Gasteiger partial charge in [0, 0.05) is 18.2 Å². The standard InChI is InChI=1S/C16H23N/c1-2-3-4-5-6-7-10-14-13-17-16-12-9-8-11-15(14)16/h3-4,8-9,11-12,14,17H,2,5-7,10,13H2,1H3/b4-3-. The summed E-state index contributed by atoms with van der Waals surface area (Å²) in [6.07, 6.45) is 11.0. The van der Waals surface area contributed by atoms with Gasteiger partial charge in [-0.3, -0.25) is 0 Å². The first-order chi connectivity index (χ1) is 8.42. The molecule has 0 aromatic heterocycles. The summed E-state index contributed by atoms with van der Waals surface area (Å²) >= 11 is 0. The minimum Gasteiger partial charge on any atom is -0.384 e. The molecule has 17 heavy (non-hydrogen) atoms. The zero-order chi connectivity index (χ0) is 11.9. The fourth-order valence-corrected chi connectivity index (χ4v) is 2.55. The van der Waals surface area contributed by atoms with Crippen LogP contribution < -0.4 is 5.32 Å². The molecule has 1 aromatic rings. The fourth-order valence-electron chi connectivity index (χ4n) is 2.55. The third-order valence-electron chi connectivity index (χ3n) is 3.52. The maximum absolute atomic E-state index is 3.50. The summed E-state index contributed by atoms with van der Waals surface area (Å²) in [5, 5.41) is 3.50. The van der Waals surface area contributed by atoms with E-state index in [0.29, 0.717) is 0 Å². The van der Waals surface area contributed by atoms with Crippen LogP contribution in [0.1, 0.15) is 50.5 Å². The Labute approximate surface area is 105 Å². The van der Waals surface area contributed by atoms with E-state index in [1.54, 1.807) is 0 Å². The molecule has 0 bridgehead atoms. The highest BCUT2D eigenvalue weighted by Crippen LogP contribution is 2.34. The molecule has 1 heterocycles. The second kappa shape index (κ2) is 6.48. The van der Waals surface area contributed by atoms with Gasteiger partial charge in [-0.15, -0.1) is 0 Å². The lowest BCUT2D eigenvalue weighted by Gasteiger charge is -2.09. The topological polar surface area (TPSA) is 12.0 Å². The van der Waals surface area contributed by atoms with E-state index in [1.165, 1.54) is 43.4 Å². The number of allylic oxidation sites excluding steroid dienone is 2. The molecule has 0 radical (unpaired) electrons. The first-order valence-corrected chi connectivity index (χ1v) is 6.89. The monoisotopic (exact) mass is 229 g/mol. The molecule has 0 aliphatic carbocycles. The Morgan fingerprint density at radius 2 is 2.12 bits per heavy atom. The van der Waals surface area contributed by atoms with Crippen LogP contribution in [-0.4, -0.2) is 6.54 Å². The average molecular weight is 229 g/mol. The summed E-state index contributed by atoms with van der Waals surface area (Å²) in [6.45, 7) is 3.32. The number of hydrogen-bond acceptors (Lipinski definition) is 1. The minimum absolute atomic E-state index is 0.737. The molecular formula is C16H23N. The molecule has 1 aliphatic heterocycles. The summed E-state index contributed by atoms with van der Waals surface area (Å²) in [4.78, 5) is 0. The molecule has 0 saturated heterocycles. The Balaban J connectivity index is 1.73. The lowest BCUT2D eigenvalue weighted by molar-refractivity contribution is 0.606. The average Bonchev–Trinajstić information content (AvgIpc) is 2.77. The van der Waals surface area contributed by atoms with Crippen molar-refractivity contribution in [3.63, 3.8) is 0 Å². The molecule has 1 unspecified atom stereocenters. The van der Waals surface area contributed by atoms with Crippen LogP contribution in [0.15, 0.2) is 36.4 Å². The lowest BCUT2D eigenvalue weighted by atomic mass is 9.95. The number of fused-ring (bicyclic) bond motifs is 1. The van der Waals surface area contributed by atoms with Gasteiger partial charge >= 0.3 is 0 Å². The van der Waals surface area contributed by atoms with E-state index >= 15 is 0 Å². The van der Waals surface area contributed by atoms with E-state index < -0.39 is 0 Å². The first kappa shape index (κ1) is 12.2. The molecule has 2 rings (SSSR count). The van der Waals surface area contributed by atoms with Crippen LogP contribution in [0.25, 0.3) is 0 Å². The number of hydrogen-bond donors (Lipinski definition) is 1. The van der Waals surface area contributed by atoms with E-state index in [9.17, 15) is 0 Å². The Kier molecular flexibility index (Phi) is 4.66. The lowest BCUT2D eigenvalue weighted by Crippen LogP contribution is -2.01. The van der Waals surface area contributed by atoms with Crippen molar-refractivity contribution in [3.05, 3.63) is 42.0 Å². The van der Waals surface area contributed by atoms with Gasteiger partial charge in [0.2, 0.25) is 0 Å². The molecule has 92 valence electrons.